The molecule has 2 fully saturated rings. The quantitative estimate of drug-likeness (QED) is 0.417. The molecule has 5 atom stereocenters. The standard InChI is InChI=1S/C26H33FN6O5Si/c1-7-28-24(34)32-20-16-21(30-12-29-20)33(13-31-16)22-18-17(19(37-22)26(5,6)38-39-25(2,3)4)35-23(36-18)14-8-10-15(27)11-9-14/h8-13,17-19,22-23H,7H2,1-6H3,(H2,28,29,30,32,34). The van der Waals surface area contributed by atoms with Crippen LogP contribution in [0.3, 0.4) is 0 Å². The highest BCUT2D eigenvalue weighted by molar-refractivity contribution is 6.31. The van der Waals surface area contributed by atoms with Gasteiger partial charge in [0.25, 0.3) is 0 Å². The number of urea groups is 1. The number of hydrogen-bond acceptors (Lipinski definition) is 8. The number of halogens is 1. The van der Waals surface area contributed by atoms with Crippen molar-refractivity contribution >= 4 is 32.8 Å². The van der Waals surface area contributed by atoms with Crippen molar-refractivity contribution in [2.24, 2.45) is 0 Å². The number of imidazole rings is 1. The molecule has 2 N–H and O–H groups in total. The van der Waals surface area contributed by atoms with Gasteiger partial charge in [0.15, 0.2) is 29.5 Å². The third-order valence-electron chi connectivity index (χ3n) is 6.40. The second-order valence-electron chi connectivity index (χ2n) is 11.1. The van der Waals surface area contributed by atoms with Crippen LogP contribution in [0.15, 0.2) is 36.9 Å². The molecule has 3 aromatic rings. The fourth-order valence-electron chi connectivity index (χ4n) is 4.60. The molecule has 208 valence electrons. The van der Waals surface area contributed by atoms with E-state index < -0.39 is 42.5 Å². The van der Waals surface area contributed by atoms with Crippen LogP contribution < -0.4 is 10.6 Å². The lowest BCUT2D eigenvalue weighted by molar-refractivity contribution is -0.177. The first-order chi connectivity index (χ1) is 18.5. The molecule has 0 bridgehead atoms. The van der Waals surface area contributed by atoms with E-state index in [1.807, 2.05) is 20.8 Å². The van der Waals surface area contributed by atoms with Gasteiger partial charge in [0.1, 0.15) is 30.5 Å². The van der Waals surface area contributed by atoms with E-state index in [0.29, 0.717) is 23.3 Å². The van der Waals surface area contributed by atoms with Crippen molar-refractivity contribution in [2.45, 2.75) is 83.0 Å². The number of carbonyl (C=O) groups is 1. The minimum atomic E-state index is -0.721. The summed E-state index contributed by atoms with van der Waals surface area (Å²) in [4.78, 5) is 25.2. The Balaban J connectivity index is 1.48. The maximum atomic E-state index is 13.6. The molecule has 5 rings (SSSR count). The number of benzene rings is 1. The number of fused-ring (bicyclic) bond motifs is 2. The molecule has 2 radical (unpaired) electrons. The van der Waals surface area contributed by atoms with Gasteiger partial charge in [-0.3, -0.25) is 9.88 Å². The van der Waals surface area contributed by atoms with E-state index in [9.17, 15) is 9.18 Å². The second-order valence-corrected chi connectivity index (χ2v) is 13.0. The molecule has 2 amide bonds. The molecule has 4 heterocycles. The van der Waals surface area contributed by atoms with Crippen molar-refractivity contribution in [3.8, 4) is 0 Å². The Hall–Kier alpha value is -2.97. The van der Waals surface area contributed by atoms with Crippen molar-refractivity contribution in [2.75, 3.05) is 11.9 Å². The van der Waals surface area contributed by atoms with Crippen LogP contribution in [0.1, 0.15) is 59.6 Å². The van der Waals surface area contributed by atoms with E-state index in [4.69, 9.17) is 18.6 Å². The van der Waals surface area contributed by atoms with Gasteiger partial charge in [0, 0.05) is 12.1 Å². The SMILES string of the molecule is CCNC(=O)Nc1ncnc2c1ncn2C1OC(C(C)(C)O[Si]C(C)(C)C)C2OC(c3ccc(F)cc3)OC21. The summed E-state index contributed by atoms with van der Waals surface area (Å²) in [5.74, 6) is -0.0612. The summed E-state index contributed by atoms with van der Waals surface area (Å²) in [5, 5.41) is 5.36. The largest absolute Gasteiger partial charge is 0.409 e. The number of anilines is 1. The van der Waals surface area contributed by atoms with E-state index in [-0.39, 0.29) is 26.4 Å². The van der Waals surface area contributed by atoms with Gasteiger partial charge in [-0.25, -0.2) is 24.1 Å². The molecule has 2 aliphatic heterocycles. The van der Waals surface area contributed by atoms with Crippen molar-refractivity contribution < 1.29 is 27.8 Å². The summed E-state index contributed by atoms with van der Waals surface area (Å²) in [6, 6.07) is 5.66. The molecular weight excluding hydrogens is 523 g/mol. The average molecular weight is 557 g/mol. The van der Waals surface area contributed by atoms with Crippen molar-refractivity contribution in [3.05, 3.63) is 48.3 Å². The third kappa shape index (κ3) is 5.68. The minimum absolute atomic E-state index is 0.0245. The number of nitrogens with zero attached hydrogens (tertiary/aromatic N) is 4. The molecular formula is C26H33FN6O5Si. The first-order valence-electron chi connectivity index (χ1n) is 12.9. The molecule has 0 aliphatic carbocycles. The van der Waals surface area contributed by atoms with Crippen LogP contribution in [0.5, 0.6) is 0 Å². The second kappa shape index (κ2) is 10.5. The van der Waals surface area contributed by atoms with Crippen LogP contribution in [0.4, 0.5) is 15.0 Å². The number of amides is 2. The molecule has 0 saturated carbocycles. The predicted octanol–water partition coefficient (Wildman–Crippen LogP) is 4.12. The van der Waals surface area contributed by atoms with Crippen LogP contribution in [0.25, 0.3) is 11.2 Å². The zero-order valence-corrected chi connectivity index (χ0v) is 23.8. The van der Waals surface area contributed by atoms with Crippen LogP contribution in [-0.4, -0.2) is 65.8 Å². The molecule has 2 aromatic heterocycles. The summed E-state index contributed by atoms with van der Waals surface area (Å²) < 4.78 is 41.2. The zero-order valence-electron chi connectivity index (χ0n) is 22.8. The Morgan fingerprint density at radius 1 is 1.08 bits per heavy atom. The fourth-order valence-corrected chi connectivity index (χ4v) is 5.28. The van der Waals surface area contributed by atoms with Gasteiger partial charge in [-0.05, 0) is 37.9 Å². The average Bonchev–Trinajstić information content (AvgIpc) is 3.57. The highest BCUT2D eigenvalue weighted by atomic mass is 28.2. The van der Waals surface area contributed by atoms with Gasteiger partial charge in [0.05, 0.1) is 11.9 Å². The van der Waals surface area contributed by atoms with Gasteiger partial charge in [-0.2, -0.15) is 0 Å². The Bertz CT molecular complexity index is 1330. The summed E-state index contributed by atoms with van der Waals surface area (Å²) in [6.45, 7) is 12.6. The first kappa shape index (κ1) is 27.6. The molecule has 13 heteroatoms. The summed E-state index contributed by atoms with van der Waals surface area (Å²) in [5.41, 5.74) is 0.849. The lowest BCUT2D eigenvalue weighted by Crippen LogP contribution is -2.48. The molecule has 5 unspecified atom stereocenters. The number of carbonyl (C=O) groups excluding carboxylic acids is 1. The van der Waals surface area contributed by atoms with E-state index >= 15 is 0 Å². The normalized spacial score (nSPS) is 25.2. The van der Waals surface area contributed by atoms with Gasteiger partial charge in [-0.1, -0.05) is 32.9 Å². The third-order valence-corrected chi connectivity index (χ3v) is 7.64. The van der Waals surface area contributed by atoms with Crippen LogP contribution in [0, 0.1) is 5.82 Å². The molecule has 0 spiro atoms. The summed E-state index contributed by atoms with van der Waals surface area (Å²) in [6.07, 6.45) is 0.0380. The van der Waals surface area contributed by atoms with Gasteiger partial charge in [-0.15, -0.1) is 0 Å². The van der Waals surface area contributed by atoms with Crippen molar-refractivity contribution in [1.82, 2.24) is 24.8 Å². The lowest BCUT2D eigenvalue weighted by atomic mass is 9.96. The molecule has 11 nitrogen and oxygen atoms in total. The molecule has 2 saturated heterocycles. The van der Waals surface area contributed by atoms with E-state index in [0.717, 1.165) is 0 Å². The highest BCUT2D eigenvalue weighted by Gasteiger charge is 2.58. The van der Waals surface area contributed by atoms with E-state index in [1.54, 1.807) is 23.0 Å². The van der Waals surface area contributed by atoms with Gasteiger partial charge in [0.2, 0.25) is 9.76 Å². The number of nitrogens with one attached hydrogen (secondary N) is 2. The maximum Gasteiger partial charge on any atom is 0.320 e. The van der Waals surface area contributed by atoms with Crippen molar-refractivity contribution in [3.63, 3.8) is 0 Å². The Morgan fingerprint density at radius 3 is 2.49 bits per heavy atom. The minimum Gasteiger partial charge on any atom is -0.409 e. The Kier molecular flexibility index (Phi) is 7.46. The Morgan fingerprint density at radius 2 is 1.79 bits per heavy atom. The topological polar surface area (TPSA) is 122 Å². The predicted molar refractivity (Wildman–Crippen MR) is 141 cm³/mol. The van der Waals surface area contributed by atoms with Crippen molar-refractivity contribution in [1.29, 1.82) is 0 Å². The van der Waals surface area contributed by atoms with Crippen LogP contribution in [0.2, 0.25) is 5.04 Å². The Labute approximate surface area is 228 Å². The summed E-state index contributed by atoms with van der Waals surface area (Å²) in [7, 11) is 0.229. The van der Waals surface area contributed by atoms with Gasteiger partial charge >= 0.3 is 6.03 Å². The molecule has 39 heavy (non-hydrogen) atoms. The van der Waals surface area contributed by atoms with E-state index in [1.165, 1.54) is 18.5 Å². The fraction of sp³-hybridized carbons (Fsp3) is 0.538. The van der Waals surface area contributed by atoms with Crippen LogP contribution in [-0.2, 0) is 18.6 Å². The number of rotatable bonds is 7. The summed E-state index contributed by atoms with van der Waals surface area (Å²) >= 11 is 0. The van der Waals surface area contributed by atoms with Crippen LogP contribution >= 0.6 is 0 Å². The molecule has 2 aliphatic rings. The lowest BCUT2D eigenvalue weighted by Gasteiger charge is -2.36. The number of ether oxygens (including phenoxy) is 3. The number of aromatic nitrogens is 4. The smallest absolute Gasteiger partial charge is 0.320 e. The molecule has 1 aromatic carbocycles. The number of hydrogen-bond donors (Lipinski definition) is 2. The maximum absolute atomic E-state index is 13.6. The zero-order chi connectivity index (χ0) is 27.9. The highest BCUT2D eigenvalue weighted by Crippen LogP contribution is 2.48. The monoisotopic (exact) mass is 556 g/mol. The first-order valence-corrected chi connectivity index (χ1v) is 13.8. The van der Waals surface area contributed by atoms with E-state index in [2.05, 4.69) is 46.4 Å². The van der Waals surface area contributed by atoms with Gasteiger partial charge < -0.3 is 24.0 Å².